The maximum absolute atomic E-state index is 9.82. The van der Waals surface area contributed by atoms with Gasteiger partial charge >= 0.3 is 0 Å². The van der Waals surface area contributed by atoms with E-state index in [1.807, 2.05) is 0 Å². The first kappa shape index (κ1) is 28.6. The zero-order valence-electron chi connectivity index (χ0n) is 143. The second kappa shape index (κ2) is 30.9. The minimum Gasteiger partial charge on any atom is -0.0622 e. The lowest BCUT2D eigenvalue weighted by molar-refractivity contribution is 1.63. The summed E-state index contributed by atoms with van der Waals surface area (Å²) in [6.45, 7) is 0. The predicted molar refractivity (Wildman–Crippen MR) is 545 cm³/mol. The standard InChI is InChI=1S/C48H30.C44H28.C34H22/c1-3-15-35-33(13-1)29-45(39-19-7-5-17-37(35)39)31-25-27-32(28-26-31)47-41-21-9-11-23-43(41)48(44-24-12-10-22-42(44)47)46-30-34-14-2-4-16-36(34)38-18-6-8-20-40(38)46;1-2-11-33-27-34(23-19-29(33)9-1)30-17-21-32(22-18-30)43-39-13-5-7-15-41(39)44(42-16-8-6-14-40(42)43)36-25-26-38-35(28-36)24-20-31-10-3-4-12-37(31)38;1-2-12-23(13-3-1)33-28-18-8-10-20-30(28)34(31-21-11-9-19-29(31)33)32-22-24-14-4-5-15-25(24)26-16-6-7-17-27(26)32/h1-30H;1-28H;1-22H/i1D,2D,3D,4D,5D,6D,7D,8D,9D,10D,11D,12D,13D,14D,15D,16D,17D,18D,19D,20D,21D,22D,23D,24D,25D,26D,27D,28D,29D,30D;1D,2D,3D,4D,5D,6D,7D,8D,9D,10D,11D,12D,13D,14D,15D,16D,17D,18D,19D,20D,21D,22D,23D,24D,25D,26D,27D,28D;1D,2D,3D,4D,5D,6D,7D,8D,9D,10D,11D,12D,13D,14D,15D,16D,17D,18D,19D,20D,21D,22D. The summed E-state index contributed by atoms with van der Waals surface area (Å²) >= 11 is 0. The Balaban J connectivity index is 0.000000155. The van der Waals surface area contributed by atoms with Crippen molar-refractivity contribution in [3.05, 3.63) is 483 Å². The largest absolute Gasteiger partial charge is 0.0636 e. The Morgan fingerprint density at radius 3 is 0.706 bits per heavy atom. The summed E-state index contributed by atoms with van der Waals surface area (Å²) in [6, 6.07) is -74.2. The smallest absolute Gasteiger partial charge is 0.0622 e. The van der Waals surface area contributed by atoms with Gasteiger partial charge in [0.05, 0.1) is 110 Å². The van der Waals surface area contributed by atoms with Gasteiger partial charge < -0.3 is 0 Å². The highest BCUT2D eigenvalue weighted by atomic mass is 14.3. The van der Waals surface area contributed by atoms with E-state index in [0.29, 0.717) is 0 Å². The molecular weight excluding hydrogens is 1510 g/mol. The van der Waals surface area contributed by atoms with E-state index in [0.717, 1.165) is 0 Å². The van der Waals surface area contributed by atoms with Gasteiger partial charge in [-0.15, -0.1) is 0 Å². The third kappa shape index (κ3) is 12.5. The van der Waals surface area contributed by atoms with E-state index in [9.17, 15) is 34.3 Å². The van der Waals surface area contributed by atoms with Gasteiger partial charge in [0.15, 0.2) is 0 Å². The Hall–Kier alpha value is -16.4. The van der Waals surface area contributed by atoms with E-state index in [4.69, 9.17) is 75.4 Å². The number of rotatable bonds is 8. The van der Waals surface area contributed by atoms with Crippen LogP contribution >= 0.6 is 0 Å². The van der Waals surface area contributed by atoms with Gasteiger partial charge in [-0.3, -0.25) is 0 Å². The van der Waals surface area contributed by atoms with Crippen molar-refractivity contribution in [1.82, 2.24) is 0 Å². The van der Waals surface area contributed by atoms with Gasteiger partial charge in [0.25, 0.3) is 0 Å². The van der Waals surface area contributed by atoms with Gasteiger partial charge in [-0.05, 0) is 281 Å². The first-order chi connectivity index (χ1) is 95.9. The first-order valence-electron chi connectivity index (χ1n) is 77.2. The molecule has 26 aromatic carbocycles. The first-order valence-corrected chi connectivity index (χ1v) is 37.2. The van der Waals surface area contributed by atoms with Crippen molar-refractivity contribution in [3.63, 3.8) is 0 Å². The molecule has 0 unspecified atom stereocenters. The van der Waals surface area contributed by atoms with Gasteiger partial charge in [-0.1, -0.05) is 453 Å². The molecule has 0 aliphatic heterocycles. The maximum atomic E-state index is 9.82. The molecule has 0 N–H and O–H groups in total. The molecule has 584 valence electrons. The molecule has 0 amide bonds. The van der Waals surface area contributed by atoms with Crippen LogP contribution in [0.1, 0.15) is 110 Å². The van der Waals surface area contributed by atoms with Crippen molar-refractivity contribution in [3.8, 4) is 89.0 Å². The Morgan fingerprint density at radius 1 is 0.0952 bits per heavy atom. The fraction of sp³-hybridized carbons (Fsp3) is 0. The topological polar surface area (TPSA) is 0 Å². The van der Waals surface area contributed by atoms with Crippen LogP contribution in [0.2, 0.25) is 0 Å². The minimum atomic E-state index is -1.16. The highest BCUT2D eigenvalue weighted by Crippen LogP contribution is 2.51. The van der Waals surface area contributed by atoms with Crippen molar-refractivity contribution in [2.45, 2.75) is 0 Å². The SMILES string of the molecule is [2H]c1c([2H])c(-c2c([2H])c3c([2H])c([2H])c([2H])c([2H])c3c3c([2H])c([2H])c([2H])c([2H])c23)c([2H])c([2H])c1-c1c2c([2H])c([2H])c([2H])c([2H])c2c(-c2c([2H])c3c([2H])c([2H])c([2H])c([2H])c3c3c([2H])c([2H])c([2H])c([2H])c23)c2c([2H])c([2H])c([2H])c([2H])c12.[2H]c1c([2H])c(-c2c3c([2H])c([2H])c([2H])c([2H])c3c(-c3c([2H])c([2H])c4c(c3[2H])c([2H])c([2H])c3c([2H])c([2H])c([2H])c([2H])c34)c3c([2H])c([2H])c([2H])c([2H])c23)c([2H])c([2H])c1-c1c([2H])c([2H])c2c([2H])c([2H])c([2H])c([2H])c2c1[2H].[2H]c1c([2H])c([2H])c(-c2c3c([2H])c([2H])c([2H])c([2H])c3c(-c3c([2H])c4c([2H])c([2H])c([2H])c([2H])c4c4c([2H])c([2H])c([2H])c([2H])c34)c3c([2H])c([2H])c([2H])c([2H])c23)c([2H])c1[2H]. The van der Waals surface area contributed by atoms with E-state index in [2.05, 4.69) is 0 Å². The molecule has 0 nitrogen and oxygen atoms in total. The Kier molecular flexibility index (Phi) is 7.03. The fourth-order valence-electron chi connectivity index (χ4n) is 15.3. The fourth-order valence-corrected chi connectivity index (χ4v) is 15.3. The molecule has 0 bridgehead atoms. The summed E-state index contributed by atoms with van der Waals surface area (Å²) < 4.78 is 716. The van der Waals surface area contributed by atoms with Crippen LogP contribution in [-0.4, -0.2) is 0 Å². The molecule has 26 rings (SSSR count). The van der Waals surface area contributed by atoms with Crippen LogP contribution in [-0.2, 0) is 0 Å². The lowest BCUT2D eigenvalue weighted by Crippen LogP contribution is -1.92. The van der Waals surface area contributed by atoms with Crippen LogP contribution in [0.4, 0.5) is 0 Å². The second-order valence-electron chi connectivity index (χ2n) is 27.2. The molecule has 26 aromatic rings. The number of hydrogen-bond donors (Lipinski definition) is 0. The van der Waals surface area contributed by atoms with Crippen LogP contribution < -0.4 is 0 Å². The quantitative estimate of drug-likeness (QED) is 0.105. The summed E-state index contributed by atoms with van der Waals surface area (Å²) in [5.74, 6) is 0. The zero-order chi connectivity index (χ0) is 153. The third-order valence-electron chi connectivity index (χ3n) is 20.6. The third-order valence-corrected chi connectivity index (χ3v) is 20.6. The number of hydrogen-bond acceptors (Lipinski definition) is 0. The molecule has 0 saturated carbocycles. The molecule has 0 aliphatic rings. The molecule has 0 saturated heterocycles. The molecule has 0 heteroatoms. The Labute approximate surface area is 843 Å². The summed E-state index contributed by atoms with van der Waals surface area (Å²) in [4.78, 5) is 0. The second-order valence-corrected chi connectivity index (χ2v) is 27.2. The van der Waals surface area contributed by atoms with Gasteiger partial charge in [0.1, 0.15) is 0 Å². The molecule has 0 atom stereocenters. The van der Waals surface area contributed by atoms with Gasteiger partial charge in [-0.2, -0.15) is 0 Å². The van der Waals surface area contributed by atoms with E-state index in [1.54, 1.807) is 0 Å². The average molecular weight is 1670 g/mol. The van der Waals surface area contributed by atoms with Crippen molar-refractivity contribution < 1.29 is 110 Å². The van der Waals surface area contributed by atoms with Crippen LogP contribution in [0.5, 0.6) is 0 Å². The van der Waals surface area contributed by atoms with Crippen LogP contribution in [0, 0.1) is 0 Å². The van der Waals surface area contributed by atoms with Gasteiger partial charge in [0, 0.05) is 0 Å². The van der Waals surface area contributed by atoms with E-state index in [1.165, 1.54) is 0 Å². The zero-order valence-corrected chi connectivity index (χ0v) is 63.0. The van der Waals surface area contributed by atoms with E-state index >= 15 is 0 Å². The summed E-state index contributed by atoms with van der Waals surface area (Å²) in [5, 5.41) is -19.3. The molecule has 0 aliphatic carbocycles. The highest BCUT2D eigenvalue weighted by Gasteiger charge is 2.24. The highest BCUT2D eigenvalue weighted by molar-refractivity contribution is 6.29. The lowest BCUT2D eigenvalue weighted by Gasteiger charge is -2.20. The summed E-state index contributed by atoms with van der Waals surface area (Å²) in [5.41, 5.74) is -12.3. The van der Waals surface area contributed by atoms with Crippen molar-refractivity contribution in [2.75, 3.05) is 0 Å². The molecule has 0 radical (unpaired) electrons. The van der Waals surface area contributed by atoms with Crippen LogP contribution in [0.15, 0.2) is 483 Å². The van der Waals surface area contributed by atoms with E-state index in [-0.39, 0.29) is 0 Å². The predicted octanol–water partition coefficient (Wildman–Crippen LogP) is 35.7. The van der Waals surface area contributed by atoms with Gasteiger partial charge in [0.2, 0.25) is 0 Å². The molecule has 0 spiro atoms. The van der Waals surface area contributed by atoms with Crippen molar-refractivity contribution in [1.29, 1.82) is 0 Å². The average Bonchev–Trinajstić information content (AvgIpc) is 0.678. The normalized spacial score (nSPS) is 20.5. The molecule has 0 fully saturated rings. The Bertz CT molecular complexity index is 13800. The molecule has 0 heterocycles. The van der Waals surface area contributed by atoms with Crippen molar-refractivity contribution >= 4 is 162 Å². The number of fused-ring (bicyclic) bond motifs is 19. The monoisotopic (exact) mass is 1670 g/mol. The lowest BCUT2D eigenvalue weighted by atomic mass is 9.83. The molecule has 0 aromatic heterocycles. The number of benzene rings is 26. The molecular formula is C126H80. The Morgan fingerprint density at radius 2 is 0.310 bits per heavy atom. The molecule has 126 heavy (non-hydrogen) atoms. The van der Waals surface area contributed by atoms with Crippen LogP contribution in [0.3, 0.4) is 0 Å². The van der Waals surface area contributed by atoms with Crippen LogP contribution in [0.25, 0.3) is 251 Å². The maximum Gasteiger partial charge on any atom is 0.0636 e. The van der Waals surface area contributed by atoms with E-state index < -0.39 is 734 Å². The van der Waals surface area contributed by atoms with Gasteiger partial charge in [-0.25, -0.2) is 0 Å². The summed E-state index contributed by atoms with van der Waals surface area (Å²) in [6.07, 6.45) is 0. The minimum absolute atomic E-state index is 0.486. The van der Waals surface area contributed by atoms with Crippen molar-refractivity contribution in [2.24, 2.45) is 0 Å². The summed E-state index contributed by atoms with van der Waals surface area (Å²) in [7, 11) is 0.